The van der Waals surface area contributed by atoms with Gasteiger partial charge in [-0.1, -0.05) is 0 Å². The number of halogens is 1. The van der Waals surface area contributed by atoms with Crippen LogP contribution in [0.2, 0.25) is 0 Å². The maximum Gasteiger partial charge on any atom is 0.255 e. The fourth-order valence-corrected chi connectivity index (χ4v) is 3.52. The number of furan rings is 1. The number of sulfonamides is 1. The van der Waals surface area contributed by atoms with E-state index in [2.05, 4.69) is 15.0 Å². The topological polar surface area (TPSA) is 125 Å². The van der Waals surface area contributed by atoms with Gasteiger partial charge in [-0.15, -0.1) is 0 Å². The van der Waals surface area contributed by atoms with Crippen LogP contribution in [0.3, 0.4) is 0 Å². The van der Waals surface area contributed by atoms with Crippen molar-refractivity contribution in [3.8, 4) is 17.4 Å². The van der Waals surface area contributed by atoms with Gasteiger partial charge in [0.25, 0.3) is 5.91 Å². The number of aromatic nitrogens is 1. The largest absolute Gasteiger partial charge is 0.437 e. The summed E-state index contributed by atoms with van der Waals surface area (Å²) in [6, 6.07) is 9.02. The monoisotopic (exact) mass is 430 g/mol. The fourth-order valence-electron chi connectivity index (χ4n) is 2.91. The lowest BCUT2D eigenvalue weighted by Gasteiger charge is -2.10. The van der Waals surface area contributed by atoms with Crippen molar-refractivity contribution in [1.82, 2.24) is 10.3 Å². The zero-order valence-corrected chi connectivity index (χ0v) is 17.1. The zero-order chi connectivity index (χ0) is 21.9. The van der Waals surface area contributed by atoms with Crippen molar-refractivity contribution in [3.63, 3.8) is 0 Å². The highest BCUT2D eigenvalue weighted by Crippen LogP contribution is 2.35. The Balaban J connectivity index is 2.27. The van der Waals surface area contributed by atoms with E-state index in [0.717, 1.165) is 0 Å². The van der Waals surface area contributed by atoms with Crippen molar-refractivity contribution in [2.45, 2.75) is 19.8 Å². The van der Waals surface area contributed by atoms with E-state index in [1.54, 1.807) is 6.07 Å². The molecule has 0 radical (unpaired) electrons. The summed E-state index contributed by atoms with van der Waals surface area (Å²) in [6.45, 7) is 1.49. The fraction of sp³-hybridized carbons (Fsp3) is 0.250. The molecule has 30 heavy (non-hydrogen) atoms. The highest BCUT2D eigenvalue weighted by atomic mass is 32.2. The molecule has 1 amide bonds. The summed E-state index contributed by atoms with van der Waals surface area (Å²) >= 11 is 0. The molecule has 0 fully saturated rings. The molecule has 0 saturated carbocycles. The molecular weight excluding hydrogens is 411 g/mol. The molecule has 0 unspecified atom stereocenters. The average molecular weight is 430 g/mol. The van der Waals surface area contributed by atoms with Crippen LogP contribution >= 0.6 is 0 Å². The number of fused-ring (bicyclic) bond motifs is 1. The number of nitrogens with zero attached hydrogens (tertiary/aromatic N) is 2. The summed E-state index contributed by atoms with van der Waals surface area (Å²) in [6.07, 6.45) is 0.358. The van der Waals surface area contributed by atoms with Gasteiger partial charge in [0.15, 0.2) is 0 Å². The van der Waals surface area contributed by atoms with Crippen molar-refractivity contribution >= 4 is 32.8 Å². The van der Waals surface area contributed by atoms with Crippen LogP contribution in [0.4, 0.5) is 10.2 Å². The van der Waals surface area contributed by atoms with Crippen LogP contribution in [0.1, 0.15) is 29.3 Å². The van der Waals surface area contributed by atoms with E-state index in [-0.39, 0.29) is 41.4 Å². The highest BCUT2D eigenvalue weighted by Gasteiger charge is 2.25. The van der Waals surface area contributed by atoms with E-state index in [9.17, 15) is 17.6 Å². The molecular formula is C20H19FN4O4S. The predicted octanol–water partition coefficient (Wildman–Crippen LogP) is 3.21. The van der Waals surface area contributed by atoms with Crippen molar-refractivity contribution in [1.29, 1.82) is 5.26 Å². The van der Waals surface area contributed by atoms with Gasteiger partial charge in [0.1, 0.15) is 17.4 Å². The number of anilines is 1. The second-order valence-electron chi connectivity index (χ2n) is 6.40. The van der Waals surface area contributed by atoms with Gasteiger partial charge in [-0.3, -0.25) is 9.52 Å². The number of amides is 1. The van der Waals surface area contributed by atoms with Gasteiger partial charge in [-0.05, 0) is 49.2 Å². The number of pyridine rings is 1. The van der Waals surface area contributed by atoms with E-state index in [1.807, 2.05) is 6.07 Å². The van der Waals surface area contributed by atoms with Crippen LogP contribution < -0.4 is 10.0 Å². The second-order valence-corrected chi connectivity index (χ2v) is 8.42. The van der Waals surface area contributed by atoms with E-state index >= 15 is 0 Å². The van der Waals surface area contributed by atoms with E-state index in [4.69, 9.17) is 9.68 Å². The van der Waals surface area contributed by atoms with Crippen molar-refractivity contribution < 1.29 is 22.0 Å². The number of benzene rings is 1. The summed E-state index contributed by atoms with van der Waals surface area (Å²) in [7, 11) is -2.17. The number of carbonyl (C=O) groups is 1. The molecule has 0 saturated heterocycles. The Morgan fingerprint density at radius 1 is 1.30 bits per heavy atom. The van der Waals surface area contributed by atoms with Crippen LogP contribution in [0, 0.1) is 17.1 Å². The predicted molar refractivity (Wildman–Crippen MR) is 110 cm³/mol. The maximum atomic E-state index is 13.3. The lowest BCUT2D eigenvalue weighted by atomic mass is 10.0. The molecule has 0 aliphatic carbocycles. The minimum Gasteiger partial charge on any atom is -0.437 e. The normalized spacial score (nSPS) is 11.3. The molecule has 2 heterocycles. The second kappa shape index (κ2) is 8.51. The number of aryl methyl sites for hydroxylation is 1. The first kappa shape index (κ1) is 21.3. The van der Waals surface area contributed by atoms with Gasteiger partial charge in [0, 0.05) is 19.0 Å². The maximum absolute atomic E-state index is 13.3. The number of nitriles is 1. The molecule has 0 spiro atoms. The Bertz CT molecular complexity index is 1240. The van der Waals surface area contributed by atoms with Crippen LogP contribution in [0.5, 0.6) is 0 Å². The lowest BCUT2D eigenvalue weighted by Crippen LogP contribution is -2.19. The molecule has 2 aromatic heterocycles. The van der Waals surface area contributed by atoms with E-state index in [0.29, 0.717) is 16.5 Å². The molecule has 0 atom stereocenters. The Morgan fingerprint density at radius 3 is 2.60 bits per heavy atom. The molecule has 0 bridgehead atoms. The first-order chi connectivity index (χ1) is 14.3. The summed E-state index contributed by atoms with van der Waals surface area (Å²) < 4.78 is 45.7. The Kier molecular flexibility index (Phi) is 6.03. The third-order valence-corrected chi connectivity index (χ3v) is 5.72. The molecule has 0 aliphatic heterocycles. The Morgan fingerprint density at radius 2 is 2.00 bits per heavy atom. The Labute approximate surface area is 172 Å². The molecule has 3 aromatic rings. The Hall–Kier alpha value is -3.45. The van der Waals surface area contributed by atoms with Crippen LogP contribution in [0.25, 0.3) is 22.4 Å². The third-order valence-electron chi connectivity index (χ3n) is 4.46. The smallest absolute Gasteiger partial charge is 0.255 e. The third kappa shape index (κ3) is 4.26. The number of carbonyl (C=O) groups excluding carboxylic acids is 1. The van der Waals surface area contributed by atoms with Gasteiger partial charge in [-0.25, -0.2) is 12.8 Å². The summed E-state index contributed by atoms with van der Waals surface area (Å²) in [5, 5.41) is 11.8. The number of hydrogen-bond donors (Lipinski definition) is 2. The van der Waals surface area contributed by atoms with Gasteiger partial charge in [-0.2, -0.15) is 10.2 Å². The minimum absolute atomic E-state index is 0.0439. The van der Waals surface area contributed by atoms with Crippen molar-refractivity contribution in [3.05, 3.63) is 47.3 Å². The van der Waals surface area contributed by atoms with Crippen LogP contribution in [-0.4, -0.2) is 32.1 Å². The SMILES string of the molecule is CCS(=O)(=O)Nc1nc2oc(-c3ccc(F)cc3)c(C(=O)NC)c2cc1CCC#N. The van der Waals surface area contributed by atoms with Gasteiger partial charge < -0.3 is 9.73 Å². The summed E-state index contributed by atoms with van der Waals surface area (Å²) in [5.74, 6) is -0.819. The van der Waals surface area contributed by atoms with E-state index < -0.39 is 21.7 Å². The number of nitrogens with one attached hydrogen (secondary N) is 2. The van der Waals surface area contributed by atoms with Gasteiger partial charge >= 0.3 is 0 Å². The first-order valence-electron chi connectivity index (χ1n) is 9.11. The summed E-state index contributed by atoms with van der Waals surface area (Å²) in [5.41, 5.74) is 1.15. The quantitative estimate of drug-likeness (QED) is 0.593. The molecule has 0 aliphatic rings. The standard InChI is InChI=1S/C20H19FN4O4S/c1-3-30(27,28)25-18-13(5-4-10-22)11-15-16(19(26)23-2)17(29-20(15)24-18)12-6-8-14(21)9-7-12/h6-9,11H,3-5H2,1-2H3,(H,23,26)(H,24,25). The zero-order valence-electron chi connectivity index (χ0n) is 16.3. The number of hydrogen-bond acceptors (Lipinski definition) is 6. The van der Waals surface area contributed by atoms with Gasteiger partial charge in [0.2, 0.25) is 15.7 Å². The van der Waals surface area contributed by atoms with Crippen molar-refractivity contribution in [2.24, 2.45) is 0 Å². The lowest BCUT2D eigenvalue weighted by molar-refractivity contribution is 0.0964. The van der Waals surface area contributed by atoms with Crippen LogP contribution in [-0.2, 0) is 16.4 Å². The van der Waals surface area contributed by atoms with E-state index in [1.165, 1.54) is 38.2 Å². The molecule has 1 aromatic carbocycles. The average Bonchev–Trinajstić information content (AvgIpc) is 3.09. The van der Waals surface area contributed by atoms with Crippen molar-refractivity contribution in [2.75, 3.05) is 17.5 Å². The van der Waals surface area contributed by atoms with Gasteiger partial charge in [0.05, 0.1) is 22.8 Å². The molecule has 2 N–H and O–H groups in total. The first-order valence-corrected chi connectivity index (χ1v) is 10.8. The minimum atomic E-state index is -3.63. The molecule has 3 rings (SSSR count). The summed E-state index contributed by atoms with van der Waals surface area (Å²) in [4.78, 5) is 16.9. The molecule has 8 nitrogen and oxygen atoms in total. The highest BCUT2D eigenvalue weighted by molar-refractivity contribution is 7.92. The molecule has 10 heteroatoms. The van der Waals surface area contributed by atoms with Crippen LogP contribution in [0.15, 0.2) is 34.7 Å². The number of rotatable bonds is 7. The molecule has 156 valence electrons.